The van der Waals surface area contributed by atoms with Crippen LogP contribution in [0.2, 0.25) is 0 Å². The average Bonchev–Trinajstić information content (AvgIpc) is 3.21. The van der Waals surface area contributed by atoms with Crippen molar-refractivity contribution in [3.05, 3.63) is 66.5 Å². The summed E-state index contributed by atoms with van der Waals surface area (Å²) in [5.74, 6) is -0.799. The molecule has 8 nitrogen and oxygen atoms in total. The Morgan fingerprint density at radius 2 is 1.79 bits per heavy atom. The zero-order valence-electron chi connectivity index (χ0n) is 16.1. The van der Waals surface area contributed by atoms with Crippen molar-refractivity contribution in [2.45, 2.75) is 18.7 Å². The number of amides is 1. The maximum atomic E-state index is 12.7. The van der Waals surface area contributed by atoms with Crippen LogP contribution < -0.4 is 5.32 Å². The topological polar surface area (TPSA) is 105 Å². The third-order valence-electron chi connectivity index (χ3n) is 4.40. The summed E-state index contributed by atoms with van der Waals surface area (Å²) >= 11 is 0. The molecule has 0 fully saturated rings. The summed E-state index contributed by atoms with van der Waals surface area (Å²) < 4.78 is 28.2. The third-order valence-corrected chi connectivity index (χ3v) is 6.45. The molecule has 0 radical (unpaired) electrons. The number of aromatic nitrogens is 2. The van der Waals surface area contributed by atoms with E-state index in [1.807, 2.05) is 30.3 Å². The number of carbonyl (C=O) groups excluding carboxylic acids is 1. The molecule has 1 aromatic heterocycles. The molecule has 0 aliphatic carbocycles. The molecule has 152 valence electrons. The van der Waals surface area contributed by atoms with E-state index in [0.717, 1.165) is 5.69 Å². The number of rotatable bonds is 7. The molecule has 0 saturated carbocycles. The molecule has 1 amide bonds. The number of aromatic hydroxyl groups is 1. The molecule has 3 rings (SSSR count). The number of hydrogen-bond donors (Lipinski definition) is 2. The van der Waals surface area contributed by atoms with Crippen LogP contribution in [0, 0.1) is 0 Å². The van der Waals surface area contributed by atoms with Gasteiger partial charge in [0.05, 0.1) is 16.3 Å². The van der Waals surface area contributed by atoms with Gasteiger partial charge < -0.3 is 10.4 Å². The Labute approximate surface area is 169 Å². The van der Waals surface area contributed by atoms with E-state index in [-0.39, 0.29) is 22.0 Å². The molecular weight excluding hydrogens is 392 g/mol. The molecule has 0 saturated heterocycles. The number of anilines is 1. The van der Waals surface area contributed by atoms with E-state index in [4.69, 9.17) is 0 Å². The maximum Gasteiger partial charge on any atom is 0.276 e. The van der Waals surface area contributed by atoms with Gasteiger partial charge in [0, 0.05) is 19.3 Å². The fraction of sp³-hybridized carbons (Fsp3) is 0.200. The molecule has 1 heterocycles. The van der Waals surface area contributed by atoms with Crippen molar-refractivity contribution in [1.82, 2.24) is 14.1 Å². The number of benzene rings is 2. The summed E-state index contributed by atoms with van der Waals surface area (Å²) in [5, 5.41) is 16.8. The fourth-order valence-electron chi connectivity index (χ4n) is 2.84. The van der Waals surface area contributed by atoms with Crippen LogP contribution in [0.3, 0.4) is 0 Å². The Morgan fingerprint density at radius 1 is 1.10 bits per heavy atom. The predicted molar refractivity (Wildman–Crippen MR) is 110 cm³/mol. The summed E-state index contributed by atoms with van der Waals surface area (Å²) in [7, 11) is -3.72. The minimum atomic E-state index is -3.72. The number of nitrogens with one attached hydrogen (secondary N) is 1. The van der Waals surface area contributed by atoms with Crippen molar-refractivity contribution in [3.63, 3.8) is 0 Å². The number of carbonyl (C=O) groups is 1. The van der Waals surface area contributed by atoms with Crippen LogP contribution in [0.5, 0.6) is 5.75 Å². The predicted octanol–water partition coefficient (Wildman–Crippen LogP) is 2.86. The first kappa shape index (κ1) is 20.6. The maximum absolute atomic E-state index is 12.7. The van der Waals surface area contributed by atoms with Gasteiger partial charge in [-0.15, -0.1) is 0 Å². The van der Waals surface area contributed by atoms with Crippen molar-refractivity contribution >= 4 is 21.6 Å². The monoisotopic (exact) mass is 414 g/mol. The number of nitrogens with zero attached hydrogens (tertiary/aromatic N) is 3. The molecule has 0 unspecified atom stereocenters. The van der Waals surface area contributed by atoms with Gasteiger partial charge in [0.15, 0.2) is 5.69 Å². The minimum absolute atomic E-state index is 0.00232. The highest BCUT2D eigenvalue weighted by Crippen LogP contribution is 2.28. The number of phenols is 1. The summed E-state index contributed by atoms with van der Waals surface area (Å²) in [5.41, 5.74) is 0.921. The quantitative estimate of drug-likeness (QED) is 0.579. The van der Waals surface area contributed by atoms with E-state index < -0.39 is 15.9 Å². The highest BCUT2D eigenvalue weighted by molar-refractivity contribution is 7.89. The van der Waals surface area contributed by atoms with Gasteiger partial charge >= 0.3 is 0 Å². The highest BCUT2D eigenvalue weighted by Gasteiger charge is 2.23. The average molecular weight is 414 g/mol. The second kappa shape index (κ2) is 8.46. The molecular formula is C20H22N4O4S. The molecule has 3 aromatic rings. The lowest BCUT2D eigenvalue weighted by atomic mass is 10.3. The second-order valence-electron chi connectivity index (χ2n) is 6.20. The van der Waals surface area contributed by atoms with Gasteiger partial charge in [-0.05, 0) is 36.4 Å². The van der Waals surface area contributed by atoms with E-state index in [0.29, 0.717) is 13.1 Å². The summed E-state index contributed by atoms with van der Waals surface area (Å²) in [6.45, 7) is 4.12. The molecule has 29 heavy (non-hydrogen) atoms. The van der Waals surface area contributed by atoms with Crippen LogP contribution in [0.1, 0.15) is 24.3 Å². The van der Waals surface area contributed by atoms with Gasteiger partial charge in [-0.3, -0.25) is 4.79 Å². The van der Waals surface area contributed by atoms with Crippen LogP contribution in [0.25, 0.3) is 5.69 Å². The van der Waals surface area contributed by atoms with Crippen LogP contribution >= 0.6 is 0 Å². The standard InChI is InChI=1S/C20H22N4O4S/c1-3-23(4-2)29(27,28)16-10-11-19(25)18(14-16)21-20(26)17-12-13-24(22-17)15-8-6-5-7-9-15/h5-14,25H,3-4H2,1-2H3,(H,21,26). The van der Waals surface area contributed by atoms with Crippen LogP contribution in [0.4, 0.5) is 5.69 Å². The minimum Gasteiger partial charge on any atom is -0.506 e. The third kappa shape index (κ3) is 4.30. The Bertz CT molecular complexity index is 1110. The first-order valence-corrected chi connectivity index (χ1v) is 10.6. The number of sulfonamides is 1. The normalized spacial score (nSPS) is 11.6. The smallest absolute Gasteiger partial charge is 0.276 e. The van der Waals surface area contributed by atoms with E-state index in [1.54, 1.807) is 24.7 Å². The van der Waals surface area contributed by atoms with Gasteiger partial charge in [0.25, 0.3) is 5.91 Å². The molecule has 0 aliphatic rings. The lowest BCUT2D eigenvalue weighted by Gasteiger charge is -2.19. The zero-order valence-corrected chi connectivity index (χ0v) is 16.9. The van der Waals surface area contributed by atoms with Gasteiger partial charge in [-0.25, -0.2) is 13.1 Å². The first-order chi connectivity index (χ1) is 13.9. The van der Waals surface area contributed by atoms with Gasteiger partial charge in [0.2, 0.25) is 10.0 Å². The summed E-state index contributed by atoms with van der Waals surface area (Å²) in [6.07, 6.45) is 1.64. The lowest BCUT2D eigenvalue weighted by molar-refractivity contribution is 0.102. The van der Waals surface area contributed by atoms with Crippen molar-refractivity contribution in [3.8, 4) is 11.4 Å². The van der Waals surface area contributed by atoms with Crippen molar-refractivity contribution in [2.24, 2.45) is 0 Å². The molecule has 0 aliphatic heterocycles. The number of phenolic OH excluding ortho intramolecular Hbond substituents is 1. The van der Waals surface area contributed by atoms with Crippen molar-refractivity contribution in [2.75, 3.05) is 18.4 Å². The second-order valence-corrected chi connectivity index (χ2v) is 8.14. The van der Waals surface area contributed by atoms with E-state index in [9.17, 15) is 18.3 Å². The summed E-state index contributed by atoms with van der Waals surface area (Å²) in [4.78, 5) is 12.6. The van der Waals surface area contributed by atoms with E-state index in [1.165, 1.54) is 28.6 Å². The number of para-hydroxylation sites is 1. The molecule has 2 N–H and O–H groups in total. The molecule has 0 spiro atoms. The first-order valence-electron chi connectivity index (χ1n) is 9.12. The van der Waals surface area contributed by atoms with Gasteiger partial charge in [0.1, 0.15) is 5.75 Å². The van der Waals surface area contributed by atoms with Crippen LogP contribution in [-0.2, 0) is 10.0 Å². The van der Waals surface area contributed by atoms with Gasteiger partial charge in [-0.2, -0.15) is 9.40 Å². The van der Waals surface area contributed by atoms with Crippen LogP contribution in [-0.4, -0.2) is 46.6 Å². The number of hydrogen-bond acceptors (Lipinski definition) is 5. The Hall–Kier alpha value is -3.17. The largest absolute Gasteiger partial charge is 0.506 e. The van der Waals surface area contributed by atoms with Crippen molar-refractivity contribution < 1.29 is 18.3 Å². The molecule has 9 heteroatoms. The Morgan fingerprint density at radius 3 is 2.45 bits per heavy atom. The zero-order chi connectivity index (χ0) is 21.0. The fourth-order valence-corrected chi connectivity index (χ4v) is 4.33. The van der Waals surface area contributed by atoms with Crippen LogP contribution in [0.15, 0.2) is 65.7 Å². The van der Waals surface area contributed by atoms with Gasteiger partial charge in [-0.1, -0.05) is 32.0 Å². The van der Waals surface area contributed by atoms with Crippen molar-refractivity contribution in [1.29, 1.82) is 0 Å². The molecule has 2 aromatic carbocycles. The van der Waals surface area contributed by atoms with E-state index >= 15 is 0 Å². The van der Waals surface area contributed by atoms with E-state index in [2.05, 4.69) is 10.4 Å². The lowest BCUT2D eigenvalue weighted by Crippen LogP contribution is -2.30. The highest BCUT2D eigenvalue weighted by atomic mass is 32.2. The molecule has 0 bridgehead atoms. The summed E-state index contributed by atoms with van der Waals surface area (Å²) in [6, 6.07) is 14.6. The Balaban J connectivity index is 1.85. The SMILES string of the molecule is CCN(CC)S(=O)(=O)c1ccc(O)c(NC(=O)c2ccn(-c3ccccc3)n2)c1. The Kier molecular flexibility index (Phi) is 6.00. The molecule has 0 atom stereocenters.